The highest BCUT2D eigenvalue weighted by molar-refractivity contribution is 8.24. The number of rotatable bonds is 8. The summed E-state index contributed by atoms with van der Waals surface area (Å²) < 4.78 is 8.68. The number of thioether (sulfide) groups is 2. The van der Waals surface area contributed by atoms with Crippen molar-refractivity contribution in [2.24, 2.45) is 7.05 Å². The van der Waals surface area contributed by atoms with E-state index < -0.39 is 0 Å². The summed E-state index contributed by atoms with van der Waals surface area (Å²) in [7, 11) is 1.93. The number of benzene rings is 4. The highest BCUT2D eigenvalue weighted by atomic mass is 32.2. The summed E-state index contributed by atoms with van der Waals surface area (Å²) in [5, 5.41) is 0. The summed E-state index contributed by atoms with van der Waals surface area (Å²) in [5.41, 5.74) is 7.52. The van der Waals surface area contributed by atoms with E-state index in [1.54, 1.807) is 23.5 Å². The van der Waals surface area contributed by atoms with Crippen molar-refractivity contribution in [2.75, 3.05) is 0 Å². The van der Waals surface area contributed by atoms with Crippen LogP contribution in [-0.4, -0.2) is 8.76 Å². The monoisotopic (exact) mass is 555 g/mol. The summed E-state index contributed by atoms with van der Waals surface area (Å²) in [5.74, 6) is 1.65. The van der Waals surface area contributed by atoms with Crippen molar-refractivity contribution >= 4 is 73.7 Å². The normalized spacial score (nSPS) is 11.9. The Balaban J connectivity index is 1.62. The first-order valence-corrected chi connectivity index (χ1v) is 14.7. The average Bonchev–Trinajstić information content (AvgIpc) is 3.23. The van der Waals surface area contributed by atoms with E-state index in [4.69, 9.17) is 28.9 Å². The molecule has 0 radical (unpaired) electrons. The Morgan fingerprint density at radius 1 is 0.730 bits per heavy atom. The van der Waals surface area contributed by atoms with Gasteiger partial charge in [0, 0.05) is 29.0 Å². The number of aromatic nitrogens is 1. The fourth-order valence-electron chi connectivity index (χ4n) is 4.05. The van der Waals surface area contributed by atoms with Crippen LogP contribution in [0.25, 0.3) is 21.6 Å². The van der Waals surface area contributed by atoms with E-state index >= 15 is 0 Å². The molecule has 6 heteroatoms. The third kappa shape index (κ3) is 6.16. The molecule has 1 aromatic heterocycles. The first-order valence-electron chi connectivity index (χ1n) is 11.9. The van der Waals surface area contributed by atoms with E-state index in [1.807, 2.05) is 29.8 Å². The maximum absolute atomic E-state index is 6.13. The van der Waals surface area contributed by atoms with Crippen molar-refractivity contribution in [2.45, 2.75) is 11.5 Å². The summed E-state index contributed by atoms with van der Waals surface area (Å²) in [6, 6.07) is 37.8. The predicted octanol–water partition coefficient (Wildman–Crippen LogP) is 9.56. The zero-order valence-corrected chi connectivity index (χ0v) is 23.6. The van der Waals surface area contributed by atoms with Gasteiger partial charge >= 0.3 is 0 Å². The summed E-state index contributed by atoms with van der Waals surface area (Å²) >= 11 is 15.0. The molecule has 0 aliphatic rings. The summed E-state index contributed by atoms with van der Waals surface area (Å²) in [4.78, 5) is 1.60. The van der Waals surface area contributed by atoms with Crippen LogP contribution in [0, 0.1) is 4.84 Å². The van der Waals surface area contributed by atoms with Crippen molar-refractivity contribution in [3.63, 3.8) is 0 Å². The van der Waals surface area contributed by atoms with Gasteiger partial charge in [-0.3, -0.25) is 0 Å². The number of nitrogens with zero attached hydrogens (tertiary/aromatic N) is 1. The number of oxazole rings is 1. The molecule has 184 valence electrons. The van der Waals surface area contributed by atoms with Gasteiger partial charge in [0.15, 0.2) is 5.58 Å². The van der Waals surface area contributed by atoms with Gasteiger partial charge < -0.3 is 8.98 Å². The van der Waals surface area contributed by atoms with Crippen molar-refractivity contribution in [1.29, 1.82) is 0 Å². The zero-order valence-electron chi connectivity index (χ0n) is 20.3. The standard InChI is InChI=1S/C31H25NOS4/c1-32-26-18-17-25(19-27(26)33-31(32)35)29(36-20-22-11-5-2-6-12-22)28(24-15-9-4-10-16-24)30(34)37-21-23-13-7-3-8-14-23/h2-19H,20-21H2,1H3/b29-28-. The van der Waals surface area contributed by atoms with E-state index in [-0.39, 0.29) is 0 Å². The fourth-order valence-corrected chi connectivity index (χ4v) is 6.78. The van der Waals surface area contributed by atoms with Crippen molar-refractivity contribution in [1.82, 2.24) is 4.57 Å². The van der Waals surface area contributed by atoms with Gasteiger partial charge in [-0.25, -0.2) is 0 Å². The van der Waals surface area contributed by atoms with Crippen LogP contribution in [0.4, 0.5) is 0 Å². The molecule has 0 atom stereocenters. The topological polar surface area (TPSA) is 18.1 Å². The van der Waals surface area contributed by atoms with Crippen molar-refractivity contribution < 1.29 is 4.42 Å². The molecule has 2 nitrogen and oxygen atoms in total. The van der Waals surface area contributed by atoms with Crippen LogP contribution in [0.2, 0.25) is 0 Å². The smallest absolute Gasteiger partial charge is 0.269 e. The van der Waals surface area contributed by atoms with Crippen LogP contribution in [-0.2, 0) is 18.6 Å². The molecule has 0 unspecified atom stereocenters. The summed E-state index contributed by atoms with van der Waals surface area (Å²) in [6.45, 7) is 0. The molecule has 0 saturated heterocycles. The van der Waals surface area contributed by atoms with E-state index in [2.05, 4.69) is 91.0 Å². The quantitative estimate of drug-likeness (QED) is 0.107. The minimum atomic E-state index is 0.465. The maximum atomic E-state index is 6.13. The molecular weight excluding hydrogens is 531 g/mol. The summed E-state index contributed by atoms with van der Waals surface area (Å²) in [6.07, 6.45) is 0. The molecule has 5 rings (SSSR count). The fraction of sp³-hybridized carbons (Fsp3) is 0.0968. The SMILES string of the molecule is Cn1c(=S)oc2cc(/C(SCc3ccccc3)=C(/C(=S)SCc3ccccc3)c3ccccc3)ccc21. The second-order valence-corrected chi connectivity index (χ2v) is 11.5. The molecule has 0 fully saturated rings. The Morgan fingerprint density at radius 3 is 1.92 bits per heavy atom. The van der Waals surface area contributed by atoms with Gasteiger partial charge in [-0.15, -0.1) is 23.5 Å². The lowest BCUT2D eigenvalue weighted by atomic mass is 10.0. The third-order valence-corrected chi connectivity index (χ3v) is 9.05. The Morgan fingerprint density at radius 2 is 1.30 bits per heavy atom. The number of aryl methyl sites for hydroxylation is 1. The second-order valence-electron chi connectivity index (χ2n) is 8.52. The van der Waals surface area contributed by atoms with Gasteiger partial charge in [-0.05, 0) is 46.6 Å². The van der Waals surface area contributed by atoms with E-state index in [1.165, 1.54) is 11.1 Å². The van der Waals surface area contributed by atoms with Gasteiger partial charge in [-0.1, -0.05) is 109 Å². The molecule has 1 heterocycles. The van der Waals surface area contributed by atoms with Crippen LogP contribution in [0.15, 0.2) is 114 Å². The molecule has 0 amide bonds. The Kier molecular flexibility index (Phi) is 8.41. The number of hydrogen-bond donors (Lipinski definition) is 0. The van der Waals surface area contributed by atoms with E-state index in [0.29, 0.717) is 4.84 Å². The molecule has 5 aromatic rings. The number of thiocarbonyl (C=S) groups is 1. The third-order valence-electron chi connectivity index (χ3n) is 5.99. The Labute approximate surface area is 236 Å². The highest BCUT2D eigenvalue weighted by Crippen LogP contribution is 2.41. The highest BCUT2D eigenvalue weighted by Gasteiger charge is 2.19. The lowest BCUT2D eigenvalue weighted by Crippen LogP contribution is -2.00. The minimum absolute atomic E-state index is 0.465. The molecule has 0 aliphatic carbocycles. The van der Waals surface area contributed by atoms with Crippen LogP contribution in [0.3, 0.4) is 0 Å². The second kappa shape index (κ2) is 12.1. The van der Waals surface area contributed by atoms with Gasteiger partial charge in [-0.2, -0.15) is 0 Å². The zero-order chi connectivity index (χ0) is 25.6. The van der Waals surface area contributed by atoms with E-state index in [9.17, 15) is 0 Å². The molecule has 0 N–H and O–H groups in total. The largest absolute Gasteiger partial charge is 0.429 e. The van der Waals surface area contributed by atoms with Gasteiger partial charge in [0.1, 0.15) is 0 Å². The Hall–Kier alpha value is -2.90. The van der Waals surface area contributed by atoms with Crippen molar-refractivity contribution in [3.05, 3.63) is 136 Å². The molecular formula is C31H25NOS4. The van der Waals surface area contributed by atoms with Gasteiger partial charge in [0.05, 0.1) is 9.71 Å². The molecule has 0 spiro atoms. The maximum Gasteiger partial charge on any atom is 0.269 e. The van der Waals surface area contributed by atoms with Crippen LogP contribution >= 0.6 is 48.0 Å². The number of fused-ring (bicyclic) bond motifs is 1. The van der Waals surface area contributed by atoms with Crippen LogP contribution in [0.1, 0.15) is 22.3 Å². The van der Waals surface area contributed by atoms with E-state index in [0.717, 1.165) is 48.4 Å². The molecule has 0 saturated carbocycles. The first kappa shape index (κ1) is 25.7. The lowest BCUT2D eigenvalue weighted by Gasteiger charge is -2.17. The minimum Gasteiger partial charge on any atom is -0.429 e. The molecule has 0 aliphatic heterocycles. The number of hydrogen-bond acceptors (Lipinski definition) is 5. The molecule has 0 bridgehead atoms. The average molecular weight is 556 g/mol. The van der Waals surface area contributed by atoms with Crippen LogP contribution in [0.5, 0.6) is 0 Å². The van der Waals surface area contributed by atoms with Gasteiger partial charge in [0.25, 0.3) is 4.84 Å². The molecule has 37 heavy (non-hydrogen) atoms. The lowest BCUT2D eigenvalue weighted by molar-refractivity contribution is 0.559. The Bertz CT molecular complexity index is 1600. The van der Waals surface area contributed by atoms with Gasteiger partial charge in [0.2, 0.25) is 0 Å². The van der Waals surface area contributed by atoms with Crippen LogP contribution < -0.4 is 0 Å². The predicted molar refractivity (Wildman–Crippen MR) is 167 cm³/mol. The first-order chi connectivity index (χ1) is 18.1. The van der Waals surface area contributed by atoms with Crippen molar-refractivity contribution in [3.8, 4) is 0 Å². The molecule has 4 aromatic carbocycles.